The maximum absolute atomic E-state index is 10.3. The van der Waals surface area contributed by atoms with Crippen molar-refractivity contribution >= 4 is 11.5 Å². The molecule has 2 aromatic carbocycles. The molecule has 0 atom stereocenters. The molecule has 0 fully saturated rings. The molecule has 0 spiro atoms. The Labute approximate surface area is 152 Å². The van der Waals surface area contributed by atoms with Crippen molar-refractivity contribution in [1.29, 1.82) is 0 Å². The zero-order valence-electron chi connectivity index (χ0n) is 14.7. The number of para-hydroxylation sites is 1. The van der Waals surface area contributed by atoms with Crippen molar-refractivity contribution in [3.05, 3.63) is 72.2 Å². The summed E-state index contributed by atoms with van der Waals surface area (Å²) in [6.45, 7) is 3.04. The van der Waals surface area contributed by atoms with Crippen molar-refractivity contribution in [1.82, 2.24) is 9.97 Å². The van der Waals surface area contributed by atoms with E-state index in [0.29, 0.717) is 17.1 Å². The van der Waals surface area contributed by atoms with Crippen LogP contribution in [0.25, 0.3) is 0 Å². The minimum absolute atomic E-state index is 0.273. The van der Waals surface area contributed by atoms with Crippen LogP contribution in [0.3, 0.4) is 0 Å². The van der Waals surface area contributed by atoms with E-state index in [-0.39, 0.29) is 12.4 Å². The van der Waals surface area contributed by atoms with Crippen molar-refractivity contribution in [2.45, 2.75) is 26.1 Å². The number of hydrogen-bond acceptors (Lipinski definition) is 6. The van der Waals surface area contributed by atoms with Crippen molar-refractivity contribution < 1.29 is 14.9 Å². The Balaban J connectivity index is 1.81. The van der Waals surface area contributed by atoms with E-state index >= 15 is 0 Å². The first-order chi connectivity index (χ1) is 12.5. The summed E-state index contributed by atoms with van der Waals surface area (Å²) < 4.78 is 5.77. The zero-order chi connectivity index (χ0) is 18.6. The van der Waals surface area contributed by atoms with Gasteiger partial charge in [0.1, 0.15) is 23.9 Å². The van der Waals surface area contributed by atoms with Gasteiger partial charge in [0.15, 0.2) is 5.82 Å². The largest absolute Gasteiger partial charge is 0.457 e. The Hall–Kier alpha value is -2.96. The topological polar surface area (TPSA) is 87.5 Å². The second kappa shape index (κ2) is 7.51. The number of benzene rings is 2. The highest BCUT2D eigenvalue weighted by Crippen LogP contribution is 2.29. The van der Waals surface area contributed by atoms with Gasteiger partial charge in [-0.25, -0.2) is 9.97 Å². The van der Waals surface area contributed by atoms with Crippen LogP contribution in [0.2, 0.25) is 0 Å². The molecule has 0 radical (unpaired) electrons. The molecule has 0 unspecified atom stereocenters. The molecule has 0 bridgehead atoms. The lowest BCUT2D eigenvalue weighted by Gasteiger charge is -2.21. The summed E-state index contributed by atoms with van der Waals surface area (Å²) in [5, 5.41) is 22.8. The lowest BCUT2D eigenvalue weighted by atomic mass is 10.0. The van der Waals surface area contributed by atoms with Gasteiger partial charge in [0.25, 0.3) is 0 Å². The number of rotatable bonds is 6. The molecule has 1 aromatic heterocycles. The van der Waals surface area contributed by atoms with Gasteiger partial charge in [0.05, 0.1) is 5.60 Å². The number of hydrogen-bond donors (Lipinski definition) is 3. The molecule has 134 valence electrons. The van der Waals surface area contributed by atoms with Crippen molar-refractivity contribution in [3.63, 3.8) is 0 Å². The maximum Gasteiger partial charge on any atom is 0.156 e. The smallest absolute Gasteiger partial charge is 0.156 e. The SMILES string of the molecule is CC(C)(O)c1cnc(CO)nc1Nc1ccc(Oc2ccccc2)cc1. The monoisotopic (exact) mass is 351 g/mol. The third-order valence-electron chi connectivity index (χ3n) is 3.74. The minimum Gasteiger partial charge on any atom is -0.457 e. The highest BCUT2D eigenvalue weighted by Gasteiger charge is 2.22. The second-order valence-electron chi connectivity index (χ2n) is 6.33. The van der Waals surface area contributed by atoms with Gasteiger partial charge in [-0.15, -0.1) is 0 Å². The Kier molecular flexibility index (Phi) is 5.16. The zero-order valence-corrected chi connectivity index (χ0v) is 14.7. The average Bonchev–Trinajstić information content (AvgIpc) is 2.63. The first kappa shape index (κ1) is 17.8. The number of ether oxygens (including phenoxy) is 1. The lowest BCUT2D eigenvalue weighted by Crippen LogP contribution is -2.19. The van der Waals surface area contributed by atoms with Gasteiger partial charge in [0, 0.05) is 17.4 Å². The molecule has 3 aromatic rings. The fourth-order valence-corrected chi connectivity index (χ4v) is 2.41. The fraction of sp³-hybridized carbons (Fsp3) is 0.200. The quantitative estimate of drug-likeness (QED) is 0.627. The van der Waals surface area contributed by atoms with E-state index in [9.17, 15) is 10.2 Å². The summed E-state index contributed by atoms with van der Waals surface area (Å²) >= 11 is 0. The second-order valence-corrected chi connectivity index (χ2v) is 6.33. The summed E-state index contributed by atoms with van der Waals surface area (Å²) in [7, 11) is 0. The Morgan fingerprint density at radius 1 is 1.00 bits per heavy atom. The molecule has 0 aliphatic rings. The van der Waals surface area contributed by atoms with E-state index < -0.39 is 5.60 Å². The minimum atomic E-state index is -1.12. The molecular formula is C20H21N3O3. The Morgan fingerprint density at radius 3 is 2.27 bits per heavy atom. The highest BCUT2D eigenvalue weighted by atomic mass is 16.5. The summed E-state index contributed by atoms with van der Waals surface area (Å²) in [5.74, 6) is 2.21. The van der Waals surface area contributed by atoms with Gasteiger partial charge in [0.2, 0.25) is 0 Å². The van der Waals surface area contributed by atoms with Crippen LogP contribution in [0.4, 0.5) is 11.5 Å². The molecule has 0 saturated heterocycles. The van der Waals surface area contributed by atoms with E-state index in [1.54, 1.807) is 13.8 Å². The molecule has 0 aliphatic carbocycles. The summed E-state index contributed by atoms with van der Waals surface area (Å²) in [6, 6.07) is 16.9. The van der Waals surface area contributed by atoms with Crippen LogP contribution >= 0.6 is 0 Å². The molecular weight excluding hydrogens is 330 g/mol. The van der Waals surface area contributed by atoms with Gasteiger partial charge < -0.3 is 20.3 Å². The van der Waals surface area contributed by atoms with Crippen molar-refractivity contribution in [3.8, 4) is 11.5 Å². The van der Waals surface area contributed by atoms with E-state index in [4.69, 9.17) is 4.74 Å². The van der Waals surface area contributed by atoms with Gasteiger partial charge in [-0.2, -0.15) is 0 Å². The number of aromatic nitrogens is 2. The van der Waals surface area contributed by atoms with Crippen LogP contribution in [-0.2, 0) is 12.2 Å². The normalized spacial score (nSPS) is 11.2. The molecule has 3 rings (SSSR count). The number of nitrogens with one attached hydrogen (secondary N) is 1. The summed E-state index contributed by atoms with van der Waals surface area (Å²) in [6.07, 6.45) is 1.52. The Bertz CT molecular complexity index is 860. The third-order valence-corrected chi connectivity index (χ3v) is 3.74. The third kappa shape index (κ3) is 4.36. The lowest BCUT2D eigenvalue weighted by molar-refractivity contribution is 0.0785. The first-order valence-electron chi connectivity index (χ1n) is 8.25. The van der Waals surface area contributed by atoms with Crippen LogP contribution in [0.15, 0.2) is 60.8 Å². The van der Waals surface area contributed by atoms with Gasteiger partial charge in [-0.1, -0.05) is 18.2 Å². The molecule has 0 amide bonds. The van der Waals surface area contributed by atoms with Gasteiger partial charge in [-0.3, -0.25) is 0 Å². The average molecular weight is 351 g/mol. The van der Waals surface area contributed by atoms with Crippen molar-refractivity contribution in [2.75, 3.05) is 5.32 Å². The number of aliphatic hydroxyl groups is 2. The van der Waals surface area contributed by atoms with Crippen LogP contribution in [0, 0.1) is 0 Å². The van der Waals surface area contributed by atoms with E-state index in [0.717, 1.165) is 11.4 Å². The summed E-state index contributed by atoms with van der Waals surface area (Å²) in [5.41, 5.74) is 0.199. The van der Waals surface area contributed by atoms with Crippen LogP contribution in [-0.4, -0.2) is 20.2 Å². The molecule has 26 heavy (non-hydrogen) atoms. The number of aliphatic hydroxyl groups excluding tert-OH is 1. The van der Waals surface area contributed by atoms with E-state index in [1.165, 1.54) is 6.20 Å². The summed E-state index contributed by atoms with van der Waals surface area (Å²) in [4.78, 5) is 8.33. The fourth-order valence-electron chi connectivity index (χ4n) is 2.41. The standard InChI is InChI=1S/C20H21N3O3/c1-20(2,25)17-12-21-18(13-24)23-19(17)22-14-8-10-16(11-9-14)26-15-6-4-3-5-7-15/h3-12,24-25H,13H2,1-2H3,(H,21,22,23). The Morgan fingerprint density at radius 2 is 1.65 bits per heavy atom. The van der Waals surface area contributed by atoms with Gasteiger partial charge >= 0.3 is 0 Å². The first-order valence-corrected chi connectivity index (χ1v) is 8.25. The number of nitrogens with zero attached hydrogens (tertiary/aromatic N) is 2. The molecule has 0 aliphatic heterocycles. The van der Waals surface area contributed by atoms with E-state index in [2.05, 4.69) is 15.3 Å². The highest BCUT2D eigenvalue weighted by molar-refractivity contribution is 5.61. The number of anilines is 2. The van der Waals surface area contributed by atoms with Crippen molar-refractivity contribution in [2.24, 2.45) is 0 Å². The molecule has 3 N–H and O–H groups in total. The maximum atomic E-state index is 10.3. The molecule has 6 heteroatoms. The van der Waals surface area contributed by atoms with E-state index in [1.807, 2.05) is 54.6 Å². The predicted molar refractivity (Wildman–Crippen MR) is 99.4 cm³/mol. The molecule has 0 saturated carbocycles. The van der Waals surface area contributed by atoms with Gasteiger partial charge in [-0.05, 0) is 50.2 Å². The van der Waals surface area contributed by atoms with Crippen LogP contribution in [0.1, 0.15) is 25.2 Å². The molecule has 6 nitrogen and oxygen atoms in total. The molecule has 1 heterocycles. The van der Waals surface area contributed by atoms with Crippen LogP contribution < -0.4 is 10.1 Å². The predicted octanol–water partition coefficient (Wildman–Crippen LogP) is 3.73. The van der Waals surface area contributed by atoms with Crippen LogP contribution in [0.5, 0.6) is 11.5 Å².